The van der Waals surface area contributed by atoms with E-state index in [-0.39, 0.29) is 6.04 Å². The molecule has 21 heavy (non-hydrogen) atoms. The van der Waals surface area contributed by atoms with Gasteiger partial charge in [0.05, 0.1) is 11.7 Å². The molecule has 3 rings (SSSR count). The standard InChI is InChI=1S/C18H18N2O/c1-13(19-2)16-8-4-6-10-18(16)21-15-11-14-7-3-5-9-17(14)20-12-15/h3-13,19H,1-2H3. The van der Waals surface area contributed by atoms with Gasteiger partial charge in [0.25, 0.3) is 0 Å². The molecule has 1 unspecified atom stereocenters. The predicted molar refractivity (Wildman–Crippen MR) is 85.7 cm³/mol. The van der Waals surface area contributed by atoms with Crippen molar-refractivity contribution in [3.63, 3.8) is 0 Å². The van der Waals surface area contributed by atoms with Crippen molar-refractivity contribution < 1.29 is 4.74 Å². The maximum Gasteiger partial charge on any atom is 0.146 e. The first-order chi connectivity index (χ1) is 10.3. The Labute approximate surface area is 124 Å². The Morgan fingerprint density at radius 3 is 2.67 bits per heavy atom. The molecule has 1 atom stereocenters. The zero-order valence-electron chi connectivity index (χ0n) is 12.2. The van der Waals surface area contributed by atoms with E-state index in [4.69, 9.17) is 4.74 Å². The van der Waals surface area contributed by atoms with E-state index in [0.29, 0.717) is 0 Å². The largest absolute Gasteiger partial charge is 0.455 e. The van der Waals surface area contributed by atoms with E-state index >= 15 is 0 Å². The lowest BCUT2D eigenvalue weighted by atomic mass is 10.1. The molecular formula is C18H18N2O. The zero-order chi connectivity index (χ0) is 14.7. The van der Waals surface area contributed by atoms with Gasteiger partial charge in [-0.2, -0.15) is 0 Å². The van der Waals surface area contributed by atoms with Gasteiger partial charge in [-0.25, -0.2) is 0 Å². The number of hydrogen-bond donors (Lipinski definition) is 1. The summed E-state index contributed by atoms with van der Waals surface area (Å²) in [5.74, 6) is 1.61. The van der Waals surface area contributed by atoms with Gasteiger partial charge in [-0.15, -0.1) is 0 Å². The molecule has 0 bridgehead atoms. The summed E-state index contributed by atoms with van der Waals surface area (Å²) in [7, 11) is 1.94. The quantitative estimate of drug-likeness (QED) is 0.772. The number of benzene rings is 2. The Morgan fingerprint density at radius 2 is 1.81 bits per heavy atom. The van der Waals surface area contributed by atoms with Crippen LogP contribution >= 0.6 is 0 Å². The highest BCUT2D eigenvalue weighted by molar-refractivity contribution is 5.79. The number of nitrogens with one attached hydrogen (secondary N) is 1. The molecule has 2 aromatic carbocycles. The number of para-hydroxylation sites is 2. The van der Waals surface area contributed by atoms with Gasteiger partial charge in [-0.3, -0.25) is 4.98 Å². The number of ether oxygens (including phenoxy) is 1. The Balaban J connectivity index is 1.95. The average Bonchev–Trinajstić information content (AvgIpc) is 2.54. The van der Waals surface area contributed by atoms with Crippen LogP contribution < -0.4 is 10.1 Å². The lowest BCUT2D eigenvalue weighted by Gasteiger charge is -2.16. The predicted octanol–water partition coefficient (Wildman–Crippen LogP) is 4.31. The molecule has 0 saturated carbocycles. The van der Waals surface area contributed by atoms with Gasteiger partial charge in [0.15, 0.2) is 0 Å². The Kier molecular flexibility index (Phi) is 3.84. The van der Waals surface area contributed by atoms with Crippen LogP contribution in [-0.4, -0.2) is 12.0 Å². The zero-order valence-corrected chi connectivity index (χ0v) is 12.2. The molecule has 3 heteroatoms. The maximum absolute atomic E-state index is 6.04. The minimum Gasteiger partial charge on any atom is -0.455 e. The van der Waals surface area contributed by atoms with E-state index in [0.717, 1.165) is 28.0 Å². The third kappa shape index (κ3) is 2.88. The van der Waals surface area contributed by atoms with Crippen molar-refractivity contribution in [3.05, 3.63) is 66.4 Å². The molecule has 3 nitrogen and oxygen atoms in total. The number of fused-ring (bicyclic) bond motifs is 1. The molecule has 0 fully saturated rings. The van der Waals surface area contributed by atoms with E-state index in [2.05, 4.69) is 23.3 Å². The summed E-state index contributed by atoms with van der Waals surface area (Å²) in [5.41, 5.74) is 2.11. The van der Waals surface area contributed by atoms with Crippen molar-refractivity contribution >= 4 is 10.9 Å². The van der Waals surface area contributed by atoms with Gasteiger partial charge in [0.1, 0.15) is 11.5 Å². The Hall–Kier alpha value is -2.39. The van der Waals surface area contributed by atoms with Crippen LogP contribution in [-0.2, 0) is 0 Å². The van der Waals surface area contributed by atoms with E-state index in [1.165, 1.54) is 0 Å². The number of rotatable bonds is 4. The number of pyridine rings is 1. The van der Waals surface area contributed by atoms with Gasteiger partial charge >= 0.3 is 0 Å². The summed E-state index contributed by atoms with van der Waals surface area (Å²) >= 11 is 0. The molecule has 0 spiro atoms. The van der Waals surface area contributed by atoms with E-state index in [1.807, 2.05) is 55.6 Å². The van der Waals surface area contributed by atoms with E-state index in [1.54, 1.807) is 6.20 Å². The minimum atomic E-state index is 0.231. The van der Waals surface area contributed by atoms with Gasteiger partial charge in [-0.1, -0.05) is 36.4 Å². The second-order valence-electron chi connectivity index (χ2n) is 5.01. The third-order valence-electron chi connectivity index (χ3n) is 3.61. The van der Waals surface area contributed by atoms with E-state index < -0.39 is 0 Å². The average molecular weight is 278 g/mol. The van der Waals surface area contributed by atoms with Crippen LogP contribution in [0.15, 0.2) is 60.8 Å². The summed E-state index contributed by atoms with van der Waals surface area (Å²) in [5, 5.41) is 4.32. The Morgan fingerprint density at radius 1 is 1.05 bits per heavy atom. The normalized spacial score (nSPS) is 12.3. The SMILES string of the molecule is CNC(C)c1ccccc1Oc1cnc2ccccc2c1. The van der Waals surface area contributed by atoms with Gasteiger partial charge in [0.2, 0.25) is 0 Å². The molecule has 1 aromatic heterocycles. The summed E-state index contributed by atoms with van der Waals surface area (Å²) in [6.45, 7) is 2.11. The number of hydrogen-bond acceptors (Lipinski definition) is 3. The van der Waals surface area contributed by atoms with Crippen LogP contribution in [0, 0.1) is 0 Å². The van der Waals surface area contributed by atoms with Crippen LogP contribution in [0.3, 0.4) is 0 Å². The first-order valence-electron chi connectivity index (χ1n) is 7.07. The fourth-order valence-corrected chi connectivity index (χ4v) is 2.32. The van der Waals surface area contributed by atoms with Gasteiger partial charge in [-0.05, 0) is 32.2 Å². The number of nitrogens with zero attached hydrogens (tertiary/aromatic N) is 1. The summed E-state index contributed by atoms with van der Waals surface area (Å²) < 4.78 is 6.04. The molecule has 0 amide bonds. The molecule has 106 valence electrons. The summed E-state index contributed by atoms with van der Waals surface area (Å²) in [4.78, 5) is 4.43. The smallest absolute Gasteiger partial charge is 0.146 e. The first-order valence-corrected chi connectivity index (χ1v) is 7.07. The monoisotopic (exact) mass is 278 g/mol. The van der Waals surface area contributed by atoms with Crippen LogP contribution in [0.5, 0.6) is 11.5 Å². The second kappa shape index (κ2) is 5.94. The van der Waals surface area contributed by atoms with Crippen LogP contribution in [0.1, 0.15) is 18.5 Å². The molecule has 0 radical (unpaired) electrons. The third-order valence-corrected chi connectivity index (χ3v) is 3.61. The van der Waals surface area contributed by atoms with Crippen molar-refractivity contribution in [2.24, 2.45) is 0 Å². The van der Waals surface area contributed by atoms with Crippen molar-refractivity contribution in [1.29, 1.82) is 0 Å². The van der Waals surface area contributed by atoms with Gasteiger partial charge < -0.3 is 10.1 Å². The van der Waals surface area contributed by atoms with Crippen molar-refractivity contribution in [3.8, 4) is 11.5 Å². The lowest BCUT2D eigenvalue weighted by Crippen LogP contribution is -2.13. The first kappa shape index (κ1) is 13.6. The van der Waals surface area contributed by atoms with Crippen molar-refractivity contribution in [2.75, 3.05) is 7.05 Å². The van der Waals surface area contributed by atoms with Gasteiger partial charge in [0, 0.05) is 17.0 Å². The molecule has 0 aliphatic carbocycles. The highest BCUT2D eigenvalue weighted by atomic mass is 16.5. The summed E-state index contributed by atoms with van der Waals surface area (Å²) in [6, 6.07) is 18.3. The molecule has 1 N–H and O–H groups in total. The lowest BCUT2D eigenvalue weighted by molar-refractivity contribution is 0.465. The van der Waals surface area contributed by atoms with Crippen LogP contribution in [0.2, 0.25) is 0 Å². The molecule has 1 heterocycles. The second-order valence-corrected chi connectivity index (χ2v) is 5.01. The molecule has 3 aromatic rings. The topological polar surface area (TPSA) is 34.1 Å². The minimum absolute atomic E-state index is 0.231. The van der Waals surface area contributed by atoms with Crippen molar-refractivity contribution in [1.82, 2.24) is 10.3 Å². The maximum atomic E-state index is 6.04. The fourth-order valence-electron chi connectivity index (χ4n) is 2.32. The van der Waals surface area contributed by atoms with Crippen LogP contribution in [0.25, 0.3) is 10.9 Å². The number of aromatic nitrogens is 1. The van der Waals surface area contributed by atoms with Crippen LogP contribution in [0.4, 0.5) is 0 Å². The Bertz CT molecular complexity index is 755. The highest BCUT2D eigenvalue weighted by Gasteiger charge is 2.10. The fraction of sp³-hybridized carbons (Fsp3) is 0.167. The summed E-state index contributed by atoms with van der Waals surface area (Å²) in [6.07, 6.45) is 1.77. The molecule has 0 aliphatic rings. The van der Waals surface area contributed by atoms with Crippen molar-refractivity contribution in [2.45, 2.75) is 13.0 Å². The van der Waals surface area contributed by atoms with E-state index in [9.17, 15) is 0 Å². The highest BCUT2D eigenvalue weighted by Crippen LogP contribution is 2.30. The molecular weight excluding hydrogens is 260 g/mol. The molecule has 0 saturated heterocycles. The molecule has 0 aliphatic heterocycles.